The fourth-order valence-corrected chi connectivity index (χ4v) is 2.50. The lowest BCUT2D eigenvalue weighted by atomic mass is 10.2. The zero-order valence-corrected chi connectivity index (χ0v) is 11.8. The van der Waals surface area contributed by atoms with E-state index in [1.807, 2.05) is 0 Å². The van der Waals surface area contributed by atoms with Gasteiger partial charge in [0.05, 0.1) is 0 Å². The second-order valence-electron chi connectivity index (χ2n) is 6.34. The average Bonchev–Trinajstić information content (AvgIpc) is 3.14. The van der Waals surface area contributed by atoms with Crippen molar-refractivity contribution >= 4 is 0 Å². The molecule has 0 unspecified atom stereocenters. The highest BCUT2D eigenvalue weighted by molar-refractivity contribution is 4.88. The number of hydrogen-bond acceptors (Lipinski definition) is 2. The summed E-state index contributed by atoms with van der Waals surface area (Å²) in [5.74, 6) is 1.07. The van der Waals surface area contributed by atoms with E-state index >= 15 is 0 Å². The number of nitrogens with zero attached hydrogens (tertiary/aromatic N) is 1. The molecular formula is C15H30N2. The Bertz CT molecular complexity index is 207. The minimum atomic E-state index is 0.646. The Morgan fingerprint density at radius 2 is 1.82 bits per heavy atom. The fraction of sp³-hybridized carbons (Fsp3) is 1.00. The quantitative estimate of drug-likeness (QED) is 0.589. The molecule has 0 bridgehead atoms. The minimum absolute atomic E-state index is 0.646. The number of unbranched alkanes of at least 4 members (excludes halogenated alkanes) is 2. The maximum absolute atomic E-state index is 3.50. The molecule has 0 aromatic heterocycles. The van der Waals surface area contributed by atoms with Gasteiger partial charge < -0.3 is 10.2 Å². The normalized spacial score (nSPS) is 20.5. The van der Waals surface area contributed by atoms with Gasteiger partial charge in [-0.25, -0.2) is 0 Å². The Kier molecular flexibility index (Phi) is 5.30. The van der Waals surface area contributed by atoms with Crippen molar-refractivity contribution in [1.82, 2.24) is 10.2 Å². The zero-order valence-electron chi connectivity index (χ0n) is 11.8. The van der Waals surface area contributed by atoms with Crippen molar-refractivity contribution in [1.29, 1.82) is 0 Å². The van der Waals surface area contributed by atoms with Crippen LogP contribution in [0.4, 0.5) is 0 Å². The Labute approximate surface area is 107 Å². The summed E-state index contributed by atoms with van der Waals surface area (Å²) in [5, 5.41) is 3.50. The van der Waals surface area contributed by atoms with Gasteiger partial charge in [-0.05, 0) is 57.5 Å². The first-order chi connectivity index (χ1) is 8.25. The number of hydrogen-bond donors (Lipinski definition) is 1. The van der Waals surface area contributed by atoms with E-state index in [2.05, 4.69) is 24.1 Å². The van der Waals surface area contributed by atoms with Crippen LogP contribution < -0.4 is 5.32 Å². The van der Waals surface area contributed by atoms with E-state index in [-0.39, 0.29) is 0 Å². The van der Waals surface area contributed by atoms with Crippen molar-refractivity contribution in [2.24, 2.45) is 5.92 Å². The van der Waals surface area contributed by atoms with E-state index in [0.29, 0.717) is 6.04 Å². The van der Waals surface area contributed by atoms with Gasteiger partial charge in [0.25, 0.3) is 0 Å². The highest BCUT2D eigenvalue weighted by Gasteiger charge is 2.32. The maximum Gasteiger partial charge on any atom is 0.00965 e. The Morgan fingerprint density at radius 1 is 1.06 bits per heavy atom. The molecule has 2 heteroatoms. The number of rotatable bonds is 10. The van der Waals surface area contributed by atoms with Gasteiger partial charge in [0.15, 0.2) is 0 Å². The molecule has 2 rings (SSSR count). The molecule has 0 heterocycles. The molecule has 2 aliphatic rings. The van der Waals surface area contributed by atoms with Gasteiger partial charge in [0, 0.05) is 18.6 Å². The summed E-state index contributed by atoms with van der Waals surface area (Å²) >= 11 is 0. The van der Waals surface area contributed by atoms with Gasteiger partial charge in [0.2, 0.25) is 0 Å². The maximum atomic E-state index is 3.50. The summed E-state index contributed by atoms with van der Waals surface area (Å²) in [6, 6.07) is 1.62. The van der Waals surface area contributed by atoms with E-state index < -0.39 is 0 Å². The summed E-state index contributed by atoms with van der Waals surface area (Å²) < 4.78 is 0. The van der Waals surface area contributed by atoms with Crippen LogP contribution in [0.25, 0.3) is 0 Å². The van der Waals surface area contributed by atoms with Crippen LogP contribution >= 0.6 is 0 Å². The molecule has 0 amide bonds. The lowest BCUT2D eigenvalue weighted by Crippen LogP contribution is -2.29. The lowest BCUT2D eigenvalue weighted by Gasteiger charge is -2.21. The summed E-state index contributed by atoms with van der Waals surface area (Å²) in [4.78, 5) is 2.79. The average molecular weight is 238 g/mol. The molecule has 0 aromatic carbocycles. The molecule has 2 aliphatic carbocycles. The molecule has 2 fully saturated rings. The zero-order chi connectivity index (χ0) is 12.1. The van der Waals surface area contributed by atoms with Crippen LogP contribution in [0, 0.1) is 5.92 Å². The van der Waals surface area contributed by atoms with Crippen LogP contribution in [0.2, 0.25) is 0 Å². The molecule has 0 atom stereocenters. The van der Waals surface area contributed by atoms with Crippen molar-refractivity contribution in [2.75, 3.05) is 19.6 Å². The predicted octanol–water partition coefficient (Wildman–Crippen LogP) is 3.03. The highest BCUT2D eigenvalue weighted by atomic mass is 15.2. The summed E-state index contributed by atoms with van der Waals surface area (Å²) in [6.07, 6.45) is 10.1. The molecule has 2 nitrogen and oxygen atoms in total. The van der Waals surface area contributed by atoms with Crippen molar-refractivity contribution in [3.63, 3.8) is 0 Å². The van der Waals surface area contributed by atoms with Crippen molar-refractivity contribution in [2.45, 2.75) is 70.9 Å². The van der Waals surface area contributed by atoms with E-state index in [0.717, 1.165) is 12.0 Å². The largest absolute Gasteiger partial charge is 0.315 e. The third-order valence-corrected chi connectivity index (χ3v) is 3.93. The van der Waals surface area contributed by atoms with Gasteiger partial charge in [-0.15, -0.1) is 0 Å². The SMILES string of the molecule is CC(C)NCCCCCN(CC1CC1)C1CC1. The lowest BCUT2D eigenvalue weighted by molar-refractivity contribution is 0.246. The van der Waals surface area contributed by atoms with Crippen LogP contribution in [-0.2, 0) is 0 Å². The first-order valence-electron chi connectivity index (χ1n) is 7.73. The predicted molar refractivity (Wildman–Crippen MR) is 74.3 cm³/mol. The Balaban J connectivity index is 1.47. The summed E-state index contributed by atoms with van der Waals surface area (Å²) in [5.41, 5.74) is 0. The van der Waals surface area contributed by atoms with E-state index in [1.165, 1.54) is 64.6 Å². The van der Waals surface area contributed by atoms with E-state index in [4.69, 9.17) is 0 Å². The highest BCUT2D eigenvalue weighted by Crippen LogP contribution is 2.34. The van der Waals surface area contributed by atoms with Gasteiger partial charge >= 0.3 is 0 Å². The van der Waals surface area contributed by atoms with Crippen molar-refractivity contribution < 1.29 is 0 Å². The van der Waals surface area contributed by atoms with Crippen LogP contribution in [-0.4, -0.2) is 36.6 Å². The molecule has 0 aliphatic heterocycles. The Morgan fingerprint density at radius 3 is 2.41 bits per heavy atom. The molecular weight excluding hydrogens is 208 g/mol. The molecule has 0 spiro atoms. The molecule has 100 valence electrons. The second-order valence-corrected chi connectivity index (χ2v) is 6.34. The number of nitrogens with one attached hydrogen (secondary N) is 1. The van der Waals surface area contributed by atoms with Crippen molar-refractivity contribution in [3.05, 3.63) is 0 Å². The van der Waals surface area contributed by atoms with Crippen LogP contribution in [0.5, 0.6) is 0 Å². The summed E-state index contributed by atoms with van der Waals surface area (Å²) in [6.45, 7) is 8.43. The third-order valence-electron chi connectivity index (χ3n) is 3.93. The van der Waals surface area contributed by atoms with Gasteiger partial charge in [-0.1, -0.05) is 20.3 Å². The second kappa shape index (κ2) is 6.75. The van der Waals surface area contributed by atoms with Gasteiger partial charge in [0.1, 0.15) is 0 Å². The molecule has 0 aromatic rings. The Hall–Kier alpha value is -0.0800. The van der Waals surface area contributed by atoms with E-state index in [9.17, 15) is 0 Å². The van der Waals surface area contributed by atoms with Crippen LogP contribution in [0.3, 0.4) is 0 Å². The monoisotopic (exact) mass is 238 g/mol. The van der Waals surface area contributed by atoms with Gasteiger partial charge in [-0.2, -0.15) is 0 Å². The molecule has 0 saturated heterocycles. The first-order valence-corrected chi connectivity index (χ1v) is 7.73. The smallest absolute Gasteiger partial charge is 0.00965 e. The van der Waals surface area contributed by atoms with Crippen molar-refractivity contribution in [3.8, 4) is 0 Å². The fourth-order valence-electron chi connectivity index (χ4n) is 2.50. The van der Waals surface area contributed by atoms with E-state index in [1.54, 1.807) is 0 Å². The molecule has 0 radical (unpaired) electrons. The van der Waals surface area contributed by atoms with Crippen LogP contribution in [0.15, 0.2) is 0 Å². The van der Waals surface area contributed by atoms with Crippen LogP contribution in [0.1, 0.15) is 58.8 Å². The minimum Gasteiger partial charge on any atom is -0.315 e. The molecule has 17 heavy (non-hydrogen) atoms. The van der Waals surface area contributed by atoms with Gasteiger partial charge in [-0.3, -0.25) is 0 Å². The topological polar surface area (TPSA) is 15.3 Å². The standard InChI is InChI=1S/C15H30N2/c1-13(2)16-10-4-3-5-11-17(15-8-9-15)12-14-6-7-14/h13-16H,3-12H2,1-2H3. The first kappa shape index (κ1) is 13.4. The third kappa shape index (κ3) is 5.87. The molecule has 2 saturated carbocycles. The summed E-state index contributed by atoms with van der Waals surface area (Å²) in [7, 11) is 0. The molecule has 1 N–H and O–H groups in total.